The van der Waals surface area contributed by atoms with Gasteiger partial charge in [-0.25, -0.2) is 4.68 Å². The van der Waals surface area contributed by atoms with Crippen LogP contribution in [0.25, 0.3) is 10.8 Å². The van der Waals surface area contributed by atoms with E-state index in [1.54, 1.807) is 6.07 Å². The van der Waals surface area contributed by atoms with Gasteiger partial charge in [-0.15, -0.1) is 0 Å². The van der Waals surface area contributed by atoms with Crippen LogP contribution in [-0.4, -0.2) is 15.6 Å². The Balaban J connectivity index is 2.11. The lowest BCUT2D eigenvalue weighted by molar-refractivity contribution is -0.127. The zero-order valence-electron chi connectivity index (χ0n) is 14.8. The average molecular weight is 334 g/mol. The monoisotopic (exact) mass is 334 g/mol. The van der Waals surface area contributed by atoms with E-state index in [-0.39, 0.29) is 17.9 Å². The van der Waals surface area contributed by atoms with Gasteiger partial charge in [-0.1, -0.05) is 69.3 Å². The van der Waals surface area contributed by atoms with Gasteiger partial charge in [0.25, 0.3) is 5.56 Å². The van der Waals surface area contributed by atoms with Crippen molar-refractivity contribution in [2.45, 2.75) is 33.7 Å². The van der Waals surface area contributed by atoms with Crippen molar-refractivity contribution in [3.05, 3.63) is 76.2 Å². The molecule has 1 heterocycles. The maximum Gasteiger partial charge on any atom is 0.275 e. The van der Waals surface area contributed by atoms with Gasteiger partial charge in [-0.2, -0.15) is 5.10 Å². The molecular formula is C21H22N2O2. The van der Waals surface area contributed by atoms with Gasteiger partial charge in [0.2, 0.25) is 0 Å². The molecule has 128 valence electrons. The van der Waals surface area contributed by atoms with E-state index in [1.165, 1.54) is 4.68 Å². The second-order valence-corrected chi connectivity index (χ2v) is 7.29. The van der Waals surface area contributed by atoms with Gasteiger partial charge in [0.05, 0.1) is 11.1 Å². The Morgan fingerprint density at radius 3 is 2.20 bits per heavy atom. The van der Waals surface area contributed by atoms with Crippen LogP contribution in [0.3, 0.4) is 0 Å². The first-order valence-corrected chi connectivity index (χ1v) is 8.42. The van der Waals surface area contributed by atoms with Crippen LogP contribution >= 0.6 is 0 Å². The summed E-state index contributed by atoms with van der Waals surface area (Å²) >= 11 is 0. The Kier molecular flexibility index (Phi) is 4.53. The van der Waals surface area contributed by atoms with E-state index in [1.807, 2.05) is 69.3 Å². The Morgan fingerprint density at radius 2 is 1.56 bits per heavy atom. The largest absolute Gasteiger partial charge is 0.297 e. The van der Waals surface area contributed by atoms with Crippen molar-refractivity contribution in [2.75, 3.05) is 0 Å². The number of aromatic nitrogens is 2. The van der Waals surface area contributed by atoms with Crippen molar-refractivity contribution in [3.8, 4) is 0 Å². The molecule has 0 N–H and O–H groups in total. The lowest BCUT2D eigenvalue weighted by atomic mass is 9.91. The molecule has 4 nitrogen and oxygen atoms in total. The Labute approximate surface area is 147 Å². The zero-order valence-corrected chi connectivity index (χ0v) is 14.8. The second kappa shape index (κ2) is 6.63. The summed E-state index contributed by atoms with van der Waals surface area (Å²) in [5.74, 6) is -0.0111. The molecule has 0 bridgehead atoms. The summed E-state index contributed by atoms with van der Waals surface area (Å²) in [6.07, 6.45) is 0.616. The number of hydrogen-bond donors (Lipinski definition) is 0. The number of benzene rings is 2. The molecule has 25 heavy (non-hydrogen) atoms. The predicted octanol–water partition coefficient (Wildman–Crippen LogP) is 3.60. The van der Waals surface area contributed by atoms with Crippen LogP contribution in [0.15, 0.2) is 59.4 Å². The van der Waals surface area contributed by atoms with Crippen LogP contribution in [0.5, 0.6) is 0 Å². The lowest BCUT2D eigenvalue weighted by Gasteiger charge is -2.17. The summed E-state index contributed by atoms with van der Waals surface area (Å²) in [4.78, 5) is 25.1. The molecule has 4 heteroatoms. The average Bonchev–Trinajstić information content (AvgIpc) is 2.59. The number of rotatable bonds is 4. The van der Waals surface area contributed by atoms with Gasteiger partial charge in [0, 0.05) is 17.2 Å². The number of carbonyl (C=O) groups excluding carboxylic acids is 1. The number of hydrogen-bond acceptors (Lipinski definition) is 3. The summed E-state index contributed by atoms with van der Waals surface area (Å²) in [5, 5.41) is 5.98. The third-order valence-electron chi connectivity index (χ3n) is 4.29. The summed E-state index contributed by atoms with van der Waals surface area (Å²) in [6, 6.07) is 17.5. The lowest BCUT2D eigenvalue weighted by Crippen LogP contribution is -2.33. The minimum atomic E-state index is -0.508. The van der Waals surface area contributed by atoms with Crippen molar-refractivity contribution in [3.63, 3.8) is 0 Å². The van der Waals surface area contributed by atoms with Crippen LogP contribution in [0, 0.1) is 5.41 Å². The Bertz CT molecular complexity index is 967. The molecule has 3 aromatic rings. The van der Waals surface area contributed by atoms with Crippen molar-refractivity contribution in [1.82, 2.24) is 9.78 Å². The van der Waals surface area contributed by atoms with Crippen molar-refractivity contribution >= 4 is 16.6 Å². The fourth-order valence-electron chi connectivity index (χ4n) is 2.71. The van der Waals surface area contributed by atoms with Crippen LogP contribution in [0.4, 0.5) is 0 Å². The van der Waals surface area contributed by atoms with E-state index in [0.717, 1.165) is 16.6 Å². The normalized spacial score (nSPS) is 11.6. The first kappa shape index (κ1) is 17.1. The molecule has 2 aromatic carbocycles. The van der Waals surface area contributed by atoms with Gasteiger partial charge in [-0.3, -0.25) is 9.59 Å². The molecule has 0 amide bonds. The fourth-order valence-corrected chi connectivity index (χ4v) is 2.71. The van der Waals surface area contributed by atoms with E-state index >= 15 is 0 Å². The molecule has 1 aromatic heterocycles. The number of nitrogens with zero attached hydrogens (tertiary/aromatic N) is 2. The van der Waals surface area contributed by atoms with E-state index in [9.17, 15) is 9.59 Å². The molecule has 0 saturated carbocycles. The highest BCUT2D eigenvalue weighted by molar-refractivity contribution is 5.85. The second-order valence-electron chi connectivity index (χ2n) is 7.29. The van der Waals surface area contributed by atoms with Gasteiger partial charge in [-0.05, 0) is 11.6 Å². The molecule has 0 radical (unpaired) electrons. The third-order valence-corrected chi connectivity index (χ3v) is 4.29. The zero-order chi connectivity index (χ0) is 18.0. The fraction of sp³-hybridized carbons (Fsp3) is 0.286. The smallest absolute Gasteiger partial charge is 0.275 e. The minimum absolute atomic E-state index is 0.00500. The maximum atomic E-state index is 12.7. The first-order valence-electron chi connectivity index (χ1n) is 8.42. The molecule has 0 fully saturated rings. The van der Waals surface area contributed by atoms with E-state index < -0.39 is 5.41 Å². The molecule has 0 spiro atoms. The van der Waals surface area contributed by atoms with Gasteiger partial charge < -0.3 is 0 Å². The summed E-state index contributed by atoms with van der Waals surface area (Å²) in [7, 11) is 0. The third kappa shape index (κ3) is 3.68. The van der Waals surface area contributed by atoms with E-state index in [4.69, 9.17) is 0 Å². The summed E-state index contributed by atoms with van der Waals surface area (Å²) in [6.45, 7) is 5.56. The highest BCUT2D eigenvalue weighted by Gasteiger charge is 2.23. The summed E-state index contributed by atoms with van der Waals surface area (Å²) in [5.41, 5.74) is 1.20. The Morgan fingerprint density at radius 1 is 0.960 bits per heavy atom. The molecule has 0 saturated heterocycles. The van der Waals surface area contributed by atoms with Crippen molar-refractivity contribution < 1.29 is 4.79 Å². The molecule has 3 rings (SSSR count). The molecule has 0 aliphatic rings. The Hall–Kier alpha value is -2.75. The van der Waals surface area contributed by atoms with Crippen LogP contribution in [0.2, 0.25) is 0 Å². The molecule has 0 aliphatic heterocycles. The predicted molar refractivity (Wildman–Crippen MR) is 99.7 cm³/mol. The van der Waals surface area contributed by atoms with Crippen LogP contribution < -0.4 is 5.56 Å². The molecule has 0 aliphatic carbocycles. The topological polar surface area (TPSA) is 52.0 Å². The highest BCUT2D eigenvalue weighted by atomic mass is 16.1. The van der Waals surface area contributed by atoms with Crippen LogP contribution in [0.1, 0.15) is 32.0 Å². The van der Waals surface area contributed by atoms with Crippen molar-refractivity contribution in [2.24, 2.45) is 5.41 Å². The molecular weight excluding hydrogens is 312 g/mol. The SMILES string of the molecule is CC(C)(C)C(=O)Cn1nc(Cc2ccccc2)c2ccccc2c1=O. The van der Waals surface area contributed by atoms with Gasteiger partial charge in [0.15, 0.2) is 5.78 Å². The highest BCUT2D eigenvalue weighted by Crippen LogP contribution is 2.18. The standard InChI is InChI=1S/C21H22N2O2/c1-21(2,3)19(24)14-23-20(25)17-12-8-7-11-16(17)18(22-23)13-15-9-5-4-6-10-15/h4-12H,13-14H2,1-3H3. The van der Waals surface area contributed by atoms with Gasteiger partial charge >= 0.3 is 0 Å². The quantitative estimate of drug-likeness (QED) is 0.732. The van der Waals surface area contributed by atoms with Crippen molar-refractivity contribution in [1.29, 1.82) is 0 Å². The number of carbonyl (C=O) groups is 1. The number of fused-ring (bicyclic) bond motifs is 1. The first-order chi connectivity index (χ1) is 11.9. The number of ketones is 1. The number of Topliss-reactive ketones (excluding diaryl/α,β-unsaturated/α-hetero) is 1. The molecule has 0 atom stereocenters. The van der Waals surface area contributed by atoms with Gasteiger partial charge in [0.1, 0.15) is 6.54 Å². The van der Waals surface area contributed by atoms with E-state index in [2.05, 4.69) is 5.10 Å². The van der Waals surface area contributed by atoms with E-state index in [0.29, 0.717) is 11.8 Å². The molecule has 0 unspecified atom stereocenters. The summed E-state index contributed by atoms with van der Waals surface area (Å²) < 4.78 is 1.31. The minimum Gasteiger partial charge on any atom is -0.297 e. The van der Waals surface area contributed by atoms with Crippen LogP contribution in [-0.2, 0) is 17.8 Å². The maximum absolute atomic E-state index is 12.7.